The highest BCUT2D eigenvalue weighted by Crippen LogP contribution is 2.27. The molecule has 0 atom stereocenters. The monoisotopic (exact) mass is 470 g/mol. The predicted octanol–water partition coefficient (Wildman–Crippen LogP) is 1.70. The molecular weight excluding hydrogens is 452 g/mol. The van der Waals surface area contributed by atoms with E-state index in [1.165, 1.54) is 34.6 Å². The molecule has 0 aliphatic carbocycles. The SMILES string of the molecule is O=C(NNC(=S)Nc1cc(S(=O)(=O)N2CCOCC2)ccc1Cl)c1ccccc1O. The Morgan fingerprint density at radius 2 is 1.83 bits per heavy atom. The number of anilines is 1. The van der Waals surface area contributed by atoms with E-state index < -0.39 is 15.9 Å². The Morgan fingerprint density at radius 1 is 1.13 bits per heavy atom. The number of aromatic hydroxyl groups is 1. The third kappa shape index (κ3) is 5.18. The Balaban J connectivity index is 1.67. The van der Waals surface area contributed by atoms with E-state index in [9.17, 15) is 18.3 Å². The standard InChI is InChI=1S/C18H19ClN4O5S2/c19-14-6-5-12(30(26,27)23-7-9-28-10-8-23)11-15(14)20-18(29)22-21-17(25)13-3-1-2-4-16(13)24/h1-6,11,24H,7-10H2,(H,21,25)(H2,20,22,29). The van der Waals surface area contributed by atoms with Crippen molar-refractivity contribution in [2.24, 2.45) is 0 Å². The van der Waals surface area contributed by atoms with Crippen LogP contribution < -0.4 is 16.2 Å². The Labute approximate surface area is 184 Å². The molecule has 0 aromatic heterocycles. The second kappa shape index (κ2) is 9.58. The summed E-state index contributed by atoms with van der Waals surface area (Å²) < 4.78 is 32.2. The molecule has 0 radical (unpaired) electrons. The Bertz CT molecular complexity index is 1060. The molecule has 0 unspecified atom stereocenters. The van der Waals surface area contributed by atoms with Crippen LogP contribution >= 0.6 is 23.8 Å². The van der Waals surface area contributed by atoms with Gasteiger partial charge in [0, 0.05) is 13.1 Å². The number of halogens is 1. The summed E-state index contributed by atoms with van der Waals surface area (Å²) in [4.78, 5) is 12.2. The number of hydrogen-bond acceptors (Lipinski definition) is 6. The van der Waals surface area contributed by atoms with E-state index in [4.69, 9.17) is 28.6 Å². The van der Waals surface area contributed by atoms with Crippen LogP contribution in [-0.4, -0.2) is 55.2 Å². The second-order valence-corrected chi connectivity index (χ2v) is 8.96. The number of sulfonamides is 1. The van der Waals surface area contributed by atoms with Gasteiger partial charge in [-0.25, -0.2) is 8.42 Å². The van der Waals surface area contributed by atoms with Crippen LogP contribution in [0.25, 0.3) is 0 Å². The average molecular weight is 471 g/mol. The van der Waals surface area contributed by atoms with Crippen LogP contribution in [0.15, 0.2) is 47.4 Å². The molecule has 1 aliphatic heterocycles. The number of thiocarbonyl (C=S) groups is 1. The molecule has 30 heavy (non-hydrogen) atoms. The zero-order chi connectivity index (χ0) is 21.7. The number of phenolic OH excluding ortho intramolecular Hbond substituents is 1. The molecule has 1 saturated heterocycles. The minimum absolute atomic E-state index is 0.0263. The fourth-order valence-electron chi connectivity index (χ4n) is 2.70. The van der Waals surface area contributed by atoms with Crippen molar-refractivity contribution in [1.29, 1.82) is 0 Å². The van der Waals surface area contributed by atoms with Gasteiger partial charge in [0.25, 0.3) is 5.91 Å². The van der Waals surface area contributed by atoms with Gasteiger partial charge in [-0.05, 0) is 42.5 Å². The van der Waals surface area contributed by atoms with E-state index in [2.05, 4.69) is 16.2 Å². The van der Waals surface area contributed by atoms with Gasteiger partial charge in [-0.2, -0.15) is 4.31 Å². The highest BCUT2D eigenvalue weighted by atomic mass is 35.5. The maximum Gasteiger partial charge on any atom is 0.273 e. The number of benzene rings is 2. The first-order valence-corrected chi connectivity index (χ1v) is 11.0. The van der Waals surface area contributed by atoms with Crippen LogP contribution in [0, 0.1) is 0 Å². The van der Waals surface area contributed by atoms with Crippen molar-refractivity contribution in [2.45, 2.75) is 4.90 Å². The number of ether oxygens (including phenoxy) is 1. The smallest absolute Gasteiger partial charge is 0.273 e. The van der Waals surface area contributed by atoms with Crippen LogP contribution in [0.4, 0.5) is 5.69 Å². The van der Waals surface area contributed by atoms with Gasteiger partial charge in [0.15, 0.2) is 5.11 Å². The average Bonchev–Trinajstić information content (AvgIpc) is 2.74. The molecule has 1 amide bonds. The number of hydrazine groups is 1. The number of amides is 1. The van der Waals surface area contributed by atoms with Crippen molar-refractivity contribution in [3.05, 3.63) is 53.1 Å². The number of carbonyl (C=O) groups excluding carboxylic acids is 1. The van der Waals surface area contributed by atoms with E-state index in [1.807, 2.05) is 0 Å². The summed E-state index contributed by atoms with van der Waals surface area (Å²) in [5, 5.41) is 12.7. The maximum absolute atomic E-state index is 12.8. The summed E-state index contributed by atoms with van der Waals surface area (Å²) in [6, 6.07) is 10.2. The fraction of sp³-hybridized carbons (Fsp3) is 0.222. The molecule has 0 bridgehead atoms. The summed E-state index contributed by atoms with van der Waals surface area (Å²) in [6.45, 7) is 1.21. The topological polar surface area (TPSA) is 120 Å². The Hall–Kier alpha value is -2.44. The highest BCUT2D eigenvalue weighted by Gasteiger charge is 2.27. The number of morpholine rings is 1. The summed E-state index contributed by atoms with van der Waals surface area (Å²) in [7, 11) is -3.71. The van der Waals surface area contributed by atoms with E-state index >= 15 is 0 Å². The highest BCUT2D eigenvalue weighted by molar-refractivity contribution is 7.89. The first-order chi connectivity index (χ1) is 14.3. The summed E-state index contributed by atoms with van der Waals surface area (Å²) in [5.41, 5.74) is 5.13. The van der Waals surface area contributed by atoms with Crippen LogP contribution in [0.2, 0.25) is 5.02 Å². The number of hydrogen-bond donors (Lipinski definition) is 4. The largest absolute Gasteiger partial charge is 0.507 e. The second-order valence-electron chi connectivity index (χ2n) is 6.21. The third-order valence-electron chi connectivity index (χ3n) is 4.23. The lowest BCUT2D eigenvalue weighted by Crippen LogP contribution is -2.43. The number of nitrogens with one attached hydrogen (secondary N) is 3. The van der Waals surface area contributed by atoms with Crippen LogP contribution in [-0.2, 0) is 14.8 Å². The molecule has 9 nitrogen and oxygen atoms in total. The lowest BCUT2D eigenvalue weighted by Gasteiger charge is -2.26. The molecule has 1 aliphatic rings. The van der Waals surface area contributed by atoms with Gasteiger partial charge in [-0.15, -0.1) is 0 Å². The minimum Gasteiger partial charge on any atom is -0.507 e. The van der Waals surface area contributed by atoms with E-state index in [-0.39, 0.29) is 45.1 Å². The molecule has 2 aromatic carbocycles. The molecule has 3 rings (SSSR count). The molecular formula is C18H19ClN4O5S2. The van der Waals surface area contributed by atoms with E-state index in [1.54, 1.807) is 12.1 Å². The number of nitrogens with zero attached hydrogens (tertiary/aromatic N) is 1. The molecule has 160 valence electrons. The van der Waals surface area contributed by atoms with Gasteiger partial charge in [0.2, 0.25) is 10.0 Å². The lowest BCUT2D eigenvalue weighted by molar-refractivity contribution is 0.0730. The van der Waals surface area contributed by atoms with Gasteiger partial charge in [0.1, 0.15) is 5.75 Å². The zero-order valence-electron chi connectivity index (χ0n) is 15.6. The van der Waals surface area contributed by atoms with Crippen LogP contribution in [0.5, 0.6) is 5.75 Å². The Morgan fingerprint density at radius 3 is 2.53 bits per heavy atom. The molecule has 4 N–H and O–H groups in total. The molecule has 1 fully saturated rings. The lowest BCUT2D eigenvalue weighted by atomic mass is 10.2. The summed E-state index contributed by atoms with van der Waals surface area (Å²) >= 11 is 11.3. The van der Waals surface area contributed by atoms with E-state index in [0.29, 0.717) is 13.2 Å². The van der Waals surface area contributed by atoms with Crippen LogP contribution in [0.1, 0.15) is 10.4 Å². The summed E-state index contributed by atoms with van der Waals surface area (Å²) in [5.74, 6) is -0.785. The molecule has 1 heterocycles. The van der Waals surface area contributed by atoms with Gasteiger partial charge in [0.05, 0.1) is 34.4 Å². The van der Waals surface area contributed by atoms with Gasteiger partial charge in [-0.3, -0.25) is 15.6 Å². The van der Waals surface area contributed by atoms with E-state index in [0.717, 1.165) is 0 Å². The normalized spacial score (nSPS) is 14.7. The fourth-order valence-corrected chi connectivity index (χ4v) is 4.46. The van der Waals surface area contributed by atoms with Crippen molar-refractivity contribution < 1.29 is 23.1 Å². The Kier molecular flexibility index (Phi) is 7.10. The van der Waals surface area contributed by atoms with Gasteiger partial charge >= 0.3 is 0 Å². The first kappa shape index (κ1) is 22.2. The van der Waals surface area contributed by atoms with Crippen molar-refractivity contribution in [1.82, 2.24) is 15.2 Å². The quantitative estimate of drug-likeness (QED) is 0.393. The van der Waals surface area contributed by atoms with Gasteiger partial charge < -0.3 is 15.2 Å². The van der Waals surface area contributed by atoms with Gasteiger partial charge in [-0.1, -0.05) is 23.7 Å². The number of rotatable bonds is 4. The predicted molar refractivity (Wildman–Crippen MR) is 116 cm³/mol. The molecule has 12 heteroatoms. The number of para-hydroxylation sites is 1. The van der Waals surface area contributed by atoms with Crippen molar-refractivity contribution in [2.75, 3.05) is 31.6 Å². The minimum atomic E-state index is -3.71. The molecule has 0 saturated carbocycles. The maximum atomic E-state index is 12.8. The molecule has 0 spiro atoms. The third-order valence-corrected chi connectivity index (χ3v) is 6.66. The first-order valence-electron chi connectivity index (χ1n) is 8.82. The molecule has 2 aromatic rings. The number of phenols is 1. The zero-order valence-corrected chi connectivity index (χ0v) is 18.0. The van der Waals surface area contributed by atoms with Crippen LogP contribution in [0.3, 0.4) is 0 Å². The van der Waals surface area contributed by atoms with Crippen molar-refractivity contribution in [3.8, 4) is 5.75 Å². The van der Waals surface area contributed by atoms with Crippen molar-refractivity contribution >= 4 is 50.5 Å². The van der Waals surface area contributed by atoms with Crippen molar-refractivity contribution in [3.63, 3.8) is 0 Å². The summed E-state index contributed by atoms with van der Waals surface area (Å²) in [6.07, 6.45) is 0. The number of carbonyl (C=O) groups is 1.